The average Bonchev–Trinajstić information content (AvgIpc) is 2.61. The Bertz CT molecular complexity index is 284. The van der Waals surface area contributed by atoms with Gasteiger partial charge in [0.05, 0.1) is 0 Å². The molecule has 104 valence electrons. The van der Waals surface area contributed by atoms with Crippen LogP contribution in [0.5, 0.6) is 0 Å². The summed E-state index contributed by atoms with van der Waals surface area (Å²) >= 11 is 1.85. The van der Waals surface area contributed by atoms with E-state index in [1.165, 1.54) is 12.2 Å². The van der Waals surface area contributed by atoms with Gasteiger partial charge in [0.2, 0.25) is 0 Å². The van der Waals surface area contributed by atoms with Crippen LogP contribution in [0.15, 0.2) is 0 Å². The van der Waals surface area contributed by atoms with Crippen LogP contribution in [0, 0.1) is 0 Å². The molecule has 0 aromatic carbocycles. The van der Waals surface area contributed by atoms with Gasteiger partial charge in [-0.3, -0.25) is 19.6 Å². The summed E-state index contributed by atoms with van der Waals surface area (Å²) < 4.78 is 0. The molecule has 0 aliphatic carbocycles. The zero-order valence-electron chi connectivity index (χ0n) is 11.5. The van der Waals surface area contributed by atoms with Gasteiger partial charge in [0.25, 0.3) is 11.8 Å². The Morgan fingerprint density at radius 1 is 1.00 bits per heavy atom. The Morgan fingerprint density at radius 2 is 1.61 bits per heavy atom. The molecule has 1 aliphatic rings. The van der Waals surface area contributed by atoms with Gasteiger partial charge in [0.15, 0.2) is 0 Å². The van der Waals surface area contributed by atoms with Gasteiger partial charge in [-0.2, -0.15) is 11.8 Å². The summed E-state index contributed by atoms with van der Waals surface area (Å²) in [5.74, 6) is 1.12. The molecule has 1 heterocycles. The molecule has 1 saturated heterocycles. The van der Waals surface area contributed by atoms with E-state index in [-0.39, 0.29) is 18.2 Å². The van der Waals surface area contributed by atoms with Crippen LogP contribution in [0.1, 0.15) is 45.4 Å². The molecule has 1 fully saturated rings. The number of hydrazine groups is 1. The lowest BCUT2D eigenvalue weighted by atomic mass is 10.2. The molecule has 0 bridgehead atoms. The molecule has 5 heteroatoms. The van der Waals surface area contributed by atoms with Gasteiger partial charge in [-0.15, -0.1) is 0 Å². The lowest BCUT2D eigenvalue weighted by molar-refractivity contribution is -0.147. The molecule has 0 spiro atoms. The largest absolute Gasteiger partial charge is 0.272 e. The van der Waals surface area contributed by atoms with Crippen LogP contribution in [0.2, 0.25) is 0 Å². The fourth-order valence-corrected chi connectivity index (χ4v) is 2.56. The number of thioether (sulfide) groups is 1. The predicted octanol–water partition coefficient (Wildman–Crippen LogP) is 2.30. The summed E-state index contributed by atoms with van der Waals surface area (Å²) in [6.45, 7) is 3.48. The van der Waals surface area contributed by atoms with E-state index in [9.17, 15) is 9.59 Å². The van der Waals surface area contributed by atoms with Crippen molar-refractivity contribution < 1.29 is 9.59 Å². The lowest BCUT2D eigenvalue weighted by Gasteiger charge is -2.27. The summed E-state index contributed by atoms with van der Waals surface area (Å²) in [6, 6.07) is 0. The van der Waals surface area contributed by atoms with Gasteiger partial charge in [0, 0.05) is 13.1 Å². The number of amides is 2. The van der Waals surface area contributed by atoms with E-state index in [4.69, 9.17) is 0 Å². The smallest absolute Gasteiger partial charge is 0.250 e. The maximum atomic E-state index is 11.7. The molecule has 0 aromatic heterocycles. The molecule has 0 atom stereocenters. The van der Waals surface area contributed by atoms with Gasteiger partial charge in [-0.25, -0.2) is 0 Å². The number of carbonyl (C=O) groups excluding carboxylic acids is 2. The molecule has 0 radical (unpaired) electrons. The molecule has 1 rings (SSSR count). The van der Waals surface area contributed by atoms with Crippen LogP contribution < -0.4 is 0 Å². The van der Waals surface area contributed by atoms with Crippen LogP contribution in [0.3, 0.4) is 0 Å². The summed E-state index contributed by atoms with van der Waals surface area (Å²) in [4.78, 5) is 23.4. The first-order valence-electron chi connectivity index (χ1n) is 6.80. The second-order valence-electron chi connectivity index (χ2n) is 4.62. The number of hydrogen-bond acceptors (Lipinski definition) is 3. The van der Waals surface area contributed by atoms with Crippen molar-refractivity contribution in [2.75, 3.05) is 25.1 Å². The van der Waals surface area contributed by atoms with Crippen LogP contribution >= 0.6 is 11.8 Å². The molecule has 0 unspecified atom stereocenters. The molecule has 4 nitrogen and oxygen atoms in total. The quantitative estimate of drug-likeness (QED) is 0.477. The number of unbranched alkanes of at least 4 members (excludes halogenated alkanes) is 3. The number of hydrogen-bond donors (Lipinski definition) is 0. The van der Waals surface area contributed by atoms with Crippen molar-refractivity contribution in [1.82, 2.24) is 10.0 Å². The van der Waals surface area contributed by atoms with Gasteiger partial charge < -0.3 is 0 Å². The Balaban J connectivity index is 2.34. The van der Waals surface area contributed by atoms with Gasteiger partial charge in [-0.05, 0) is 31.3 Å². The van der Waals surface area contributed by atoms with E-state index in [2.05, 4.69) is 13.2 Å². The Kier molecular flexibility index (Phi) is 7.16. The fourth-order valence-electron chi connectivity index (χ4n) is 2.06. The summed E-state index contributed by atoms with van der Waals surface area (Å²) in [5.41, 5.74) is 0. The number of rotatable bonds is 9. The standard InChI is InChI=1S/C13H24N2O2S/c1-3-4-8-14-12(16)11-13(17)15(14)9-6-5-7-10-18-2/h3-11H2,1-2H3. The Hall–Kier alpha value is -0.710. The van der Waals surface area contributed by atoms with Crippen molar-refractivity contribution in [2.45, 2.75) is 45.4 Å². The van der Waals surface area contributed by atoms with Crippen molar-refractivity contribution in [1.29, 1.82) is 0 Å². The molecule has 18 heavy (non-hydrogen) atoms. The third-order valence-corrected chi connectivity index (χ3v) is 3.81. The molecule has 0 N–H and O–H groups in total. The highest BCUT2D eigenvalue weighted by molar-refractivity contribution is 7.98. The van der Waals surface area contributed by atoms with Crippen molar-refractivity contribution in [3.63, 3.8) is 0 Å². The minimum Gasteiger partial charge on any atom is -0.272 e. The lowest BCUT2D eigenvalue weighted by Crippen LogP contribution is -2.42. The first-order valence-corrected chi connectivity index (χ1v) is 8.19. The normalized spacial score (nSPS) is 15.9. The third-order valence-electron chi connectivity index (χ3n) is 3.11. The minimum atomic E-state index is -0.0300. The molecule has 2 amide bonds. The van der Waals surface area contributed by atoms with Crippen LogP contribution in [0.25, 0.3) is 0 Å². The Labute approximate surface area is 114 Å². The van der Waals surface area contributed by atoms with Crippen LogP contribution in [-0.4, -0.2) is 46.9 Å². The van der Waals surface area contributed by atoms with Gasteiger partial charge >= 0.3 is 0 Å². The summed E-state index contributed by atoms with van der Waals surface area (Å²) in [6.07, 6.45) is 7.47. The molecule has 0 saturated carbocycles. The second-order valence-corrected chi connectivity index (χ2v) is 5.60. The zero-order chi connectivity index (χ0) is 13.4. The molecule has 0 aromatic rings. The zero-order valence-corrected chi connectivity index (χ0v) is 12.3. The van der Waals surface area contributed by atoms with E-state index in [0.29, 0.717) is 13.1 Å². The molecule has 1 aliphatic heterocycles. The number of carbonyl (C=O) groups is 2. The predicted molar refractivity (Wildman–Crippen MR) is 75.2 cm³/mol. The maximum absolute atomic E-state index is 11.7. The first-order chi connectivity index (χ1) is 8.70. The summed E-state index contributed by atoms with van der Waals surface area (Å²) in [7, 11) is 0. The number of nitrogens with zero attached hydrogens (tertiary/aromatic N) is 2. The average molecular weight is 272 g/mol. The van der Waals surface area contributed by atoms with E-state index in [0.717, 1.165) is 25.7 Å². The maximum Gasteiger partial charge on any atom is 0.250 e. The third kappa shape index (κ3) is 4.52. The summed E-state index contributed by atoms with van der Waals surface area (Å²) in [5, 5.41) is 3.32. The SMILES string of the molecule is CCCCN1C(=O)CC(=O)N1CCCCCSC. The van der Waals surface area contributed by atoms with E-state index >= 15 is 0 Å². The topological polar surface area (TPSA) is 40.6 Å². The minimum absolute atomic E-state index is 0.0269. The fraction of sp³-hybridized carbons (Fsp3) is 0.846. The second kappa shape index (κ2) is 8.40. The van der Waals surface area contributed by atoms with Crippen LogP contribution in [0.4, 0.5) is 0 Å². The first kappa shape index (κ1) is 15.3. The van der Waals surface area contributed by atoms with Crippen molar-refractivity contribution in [3.05, 3.63) is 0 Å². The highest BCUT2D eigenvalue weighted by Crippen LogP contribution is 2.16. The van der Waals surface area contributed by atoms with Crippen molar-refractivity contribution >= 4 is 23.6 Å². The van der Waals surface area contributed by atoms with Gasteiger partial charge in [0.1, 0.15) is 6.42 Å². The van der Waals surface area contributed by atoms with E-state index in [1.54, 1.807) is 10.0 Å². The Morgan fingerprint density at radius 3 is 2.17 bits per heavy atom. The highest BCUT2D eigenvalue weighted by atomic mass is 32.2. The monoisotopic (exact) mass is 272 g/mol. The van der Waals surface area contributed by atoms with Crippen LogP contribution in [-0.2, 0) is 9.59 Å². The molecular formula is C13H24N2O2S. The van der Waals surface area contributed by atoms with Crippen molar-refractivity contribution in [3.8, 4) is 0 Å². The van der Waals surface area contributed by atoms with E-state index in [1.807, 2.05) is 11.8 Å². The van der Waals surface area contributed by atoms with Gasteiger partial charge in [-0.1, -0.05) is 19.8 Å². The molecular weight excluding hydrogens is 248 g/mol. The van der Waals surface area contributed by atoms with E-state index < -0.39 is 0 Å². The van der Waals surface area contributed by atoms with Crippen molar-refractivity contribution in [2.24, 2.45) is 0 Å². The highest BCUT2D eigenvalue weighted by Gasteiger charge is 2.34.